The van der Waals surface area contributed by atoms with Crippen molar-refractivity contribution >= 4 is 22.4 Å². The Morgan fingerprint density at radius 1 is 1.53 bits per heavy atom. The number of aromatic nitrogens is 3. The SMILES string of the molecule is Cl.Cn1nncc1S(=O)(=O)N1CCC[C@@H](N)C1. The summed E-state index contributed by atoms with van der Waals surface area (Å²) in [4.78, 5) is 0. The zero-order valence-corrected chi connectivity index (χ0v) is 11.1. The molecule has 0 unspecified atom stereocenters. The fourth-order valence-corrected chi connectivity index (χ4v) is 3.41. The summed E-state index contributed by atoms with van der Waals surface area (Å²) in [6.45, 7) is 0.884. The van der Waals surface area contributed by atoms with E-state index in [4.69, 9.17) is 5.73 Å². The standard InChI is InChI=1S/C8H15N5O2S.ClH/c1-12-8(5-10-11-12)16(14,15)13-4-2-3-7(9)6-13;/h5,7H,2-4,6,9H2,1H3;1H/t7-;/m1./s1. The summed E-state index contributed by atoms with van der Waals surface area (Å²) in [6, 6.07) is -0.0790. The van der Waals surface area contributed by atoms with Gasteiger partial charge >= 0.3 is 0 Å². The van der Waals surface area contributed by atoms with Crippen LogP contribution >= 0.6 is 12.4 Å². The van der Waals surface area contributed by atoms with Gasteiger partial charge in [-0.25, -0.2) is 13.1 Å². The number of hydrogen-bond acceptors (Lipinski definition) is 5. The van der Waals surface area contributed by atoms with Gasteiger partial charge in [0.25, 0.3) is 10.0 Å². The van der Waals surface area contributed by atoms with Gasteiger partial charge in [0.1, 0.15) is 0 Å². The number of nitrogens with two attached hydrogens (primary N) is 1. The number of piperidine rings is 1. The van der Waals surface area contributed by atoms with Gasteiger partial charge in [0, 0.05) is 26.2 Å². The van der Waals surface area contributed by atoms with E-state index in [2.05, 4.69) is 10.3 Å². The van der Waals surface area contributed by atoms with Gasteiger partial charge in [0.2, 0.25) is 0 Å². The zero-order chi connectivity index (χ0) is 11.8. The molecule has 2 N–H and O–H groups in total. The first kappa shape index (κ1) is 14.4. The third kappa shape index (κ3) is 2.76. The fourth-order valence-electron chi connectivity index (χ4n) is 1.84. The highest BCUT2D eigenvalue weighted by Gasteiger charge is 2.31. The summed E-state index contributed by atoms with van der Waals surface area (Å²) in [7, 11) is -1.93. The Kier molecular flexibility index (Phi) is 4.48. The molecular formula is C8H16ClN5O2S. The molecule has 1 atom stereocenters. The minimum absolute atomic E-state index is 0. The van der Waals surface area contributed by atoms with E-state index in [1.807, 2.05) is 0 Å². The van der Waals surface area contributed by atoms with Gasteiger partial charge in [0.15, 0.2) is 5.03 Å². The number of aryl methyl sites for hydroxylation is 1. The molecule has 17 heavy (non-hydrogen) atoms. The summed E-state index contributed by atoms with van der Waals surface area (Å²) in [6.07, 6.45) is 2.93. The van der Waals surface area contributed by atoms with Crippen molar-refractivity contribution in [3.63, 3.8) is 0 Å². The Hall–Kier alpha value is -0.700. The third-order valence-electron chi connectivity index (χ3n) is 2.70. The summed E-state index contributed by atoms with van der Waals surface area (Å²) in [5.41, 5.74) is 5.77. The van der Waals surface area contributed by atoms with E-state index in [-0.39, 0.29) is 23.5 Å². The van der Waals surface area contributed by atoms with Crippen molar-refractivity contribution in [1.29, 1.82) is 0 Å². The van der Waals surface area contributed by atoms with Crippen LogP contribution in [0.3, 0.4) is 0 Å². The largest absolute Gasteiger partial charge is 0.327 e. The lowest BCUT2D eigenvalue weighted by atomic mass is 10.1. The molecule has 9 heteroatoms. The number of nitrogens with zero attached hydrogens (tertiary/aromatic N) is 4. The second kappa shape index (κ2) is 5.30. The second-order valence-corrected chi connectivity index (χ2v) is 5.85. The summed E-state index contributed by atoms with van der Waals surface area (Å²) in [5.74, 6) is 0. The molecule has 0 aromatic carbocycles. The molecule has 2 heterocycles. The van der Waals surface area contributed by atoms with Crippen molar-refractivity contribution in [1.82, 2.24) is 19.3 Å². The molecule has 0 amide bonds. The van der Waals surface area contributed by atoms with Crippen molar-refractivity contribution in [3.05, 3.63) is 6.20 Å². The topological polar surface area (TPSA) is 94.1 Å². The first-order chi connectivity index (χ1) is 7.51. The van der Waals surface area contributed by atoms with Crippen LogP contribution in [0.4, 0.5) is 0 Å². The second-order valence-electron chi connectivity index (χ2n) is 3.96. The van der Waals surface area contributed by atoms with Crippen LogP contribution in [0.15, 0.2) is 11.2 Å². The van der Waals surface area contributed by atoms with E-state index < -0.39 is 10.0 Å². The molecular weight excluding hydrogens is 266 g/mol. The molecule has 1 aliphatic rings. The molecule has 1 aromatic heterocycles. The first-order valence-electron chi connectivity index (χ1n) is 5.12. The number of sulfonamides is 1. The molecule has 1 fully saturated rings. The Bertz CT molecular complexity index is 474. The molecule has 0 spiro atoms. The van der Waals surface area contributed by atoms with Crippen LogP contribution in [0, 0.1) is 0 Å². The van der Waals surface area contributed by atoms with Gasteiger partial charge < -0.3 is 5.73 Å². The average molecular weight is 282 g/mol. The lowest BCUT2D eigenvalue weighted by molar-refractivity contribution is 0.314. The van der Waals surface area contributed by atoms with Crippen molar-refractivity contribution in [2.75, 3.05) is 13.1 Å². The molecule has 2 rings (SSSR count). The van der Waals surface area contributed by atoms with E-state index in [0.717, 1.165) is 12.8 Å². The van der Waals surface area contributed by atoms with Crippen molar-refractivity contribution < 1.29 is 8.42 Å². The van der Waals surface area contributed by atoms with Gasteiger partial charge in [-0.2, -0.15) is 4.31 Å². The van der Waals surface area contributed by atoms with Crippen LogP contribution in [-0.4, -0.2) is 46.8 Å². The van der Waals surface area contributed by atoms with Gasteiger partial charge in [-0.05, 0) is 12.8 Å². The molecule has 0 bridgehead atoms. The maximum atomic E-state index is 12.2. The fraction of sp³-hybridized carbons (Fsp3) is 0.750. The number of hydrogen-bond donors (Lipinski definition) is 1. The molecule has 1 aliphatic heterocycles. The van der Waals surface area contributed by atoms with Crippen LogP contribution in [0.1, 0.15) is 12.8 Å². The molecule has 0 radical (unpaired) electrons. The van der Waals surface area contributed by atoms with Gasteiger partial charge in [-0.1, -0.05) is 5.21 Å². The van der Waals surface area contributed by atoms with Crippen LogP contribution in [0.5, 0.6) is 0 Å². The Morgan fingerprint density at radius 2 is 2.24 bits per heavy atom. The lowest BCUT2D eigenvalue weighted by Crippen LogP contribution is -2.46. The molecule has 98 valence electrons. The van der Waals surface area contributed by atoms with Crippen molar-refractivity contribution in [3.8, 4) is 0 Å². The quantitative estimate of drug-likeness (QED) is 0.777. The van der Waals surface area contributed by atoms with Crippen LogP contribution in [0.25, 0.3) is 0 Å². The van der Waals surface area contributed by atoms with E-state index >= 15 is 0 Å². The van der Waals surface area contributed by atoms with Gasteiger partial charge in [-0.3, -0.25) is 0 Å². The Labute approximate surface area is 106 Å². The summed E-state index contributed by atoms with van der Waals surface area (Å²) < 4.78 is 27.0. The maximum Gasteiger partial charge on any atom is 0.261 e. The van der Waals surface area contributed by atoms with E-state index in [1.165, 1.54) is 15.2 Å². The highest BCUT2D eigenvalue weighted by atomic mass is 35.5. The van der Waals surface area contributed by atoms with Gasteiger partial charge in [0.05, 0.1) is 6.20 Å². The average Bonchev–Trinajstić information content (AvgIpc) is 2.65. The minimum Gasteiger partial charge on any atom is -0.327 e. The highest BCUT2D eigenvalue weighted by Crippen LogP contribution is 2.18. The van der Waals surface area contributed by atoms with Crippen molar-refractivity contribution in [2.45, 2.75) is 23.9 Å². The normalized spacial score (nSPS) is 22.1. The Balaban J connectivity index is 0.00000144. The van der Waals surface area contributed by atoms with Crippen LogP contribution in [0.2, 0.25) is 0 Å². The molecule has 7 nitrogen and oxygen atoms in total. The van der Waals surface area contributed by atoms with E-state index in [1.54, 1.807) is 7.05 Å². The Morgan fingerprint density at radius 3 is 2.76 bits per heavy atom. The monoisotopic (exact) mass is 281 g/mol. The third-order valence-corrected chi connectivity index (χ3v) is 4.61. The van der Waals surface area contributed by atoms with Gasteiger partial charge in [-0.15, -0.1) is 17.5 Å². The van der Waals surface area contributed by atoms with E-state index in [9.17, 15) is 8.42 Å². The van der Waals surface area contributed by atoms with E-state index in [0.29, 0.717) is 13.1 Å². The summed E-state index contributed by atoms with van der Waals surface area (Å²) in [5, 5.41) is 7.32. The number of rotatable bonds is 2. The smallest absolute Gasteiger partial charge is 0.261 e. The van der Waals surface area contributed by atoms with Crippen molar-refractivity contribution in [2.24, 2.45) is 12.8 Å². The van der Waals surface area contributed by atoms with Crippen LogP contribution < -0.4 is 5.73 Å². The summed E-state index contributed by atoms with van der Waals surface area (Å²) >= 11 is 0. The predicted molar refractivity (Wildman–Crippen MR) is 64.2 cm³/mol. The zero-order valence-electron chi connectivity index (χ0n) is 9.48. The molecule has 1 aromatic rings. The van der Waals surface area contributed by atoms with Crippen LogP contribution in [-0.2, 0) is 17.1 Å². The highest BCUT2D eigenvalue weighted by molar-refractivity contribution is 7.89. The molecule has 1 saturated heterocycles. The minimum atomic E-state index is -3.49. The maximum absolute atomic E-state index is 12.2. The molecule has 0 saturated carbocycles. The lowest BCUT2D eigenvalue weighted by Gasteiger charge is -2.29. The molecule has 0 aliphatic carbocycles. The number of halogens is 1. The first-order valence-corrected chi connectivity index (χ1v) is 6.56. The predicted octanol–water partition coefficient (Wildman–Crippen LogP) is -0.651.